The van der Waals surface area contributed by atoms with Crippen LogP contribution >= 0.6 is 0 Å². The van der Waals surface area contributed by atoms with Crippen LogP contribution in [0.1, 0.15) is 25.3 Å². The van der Waals surface area contributed by atoms with E-state index in [9.17, 15) is 18.0 Å². The van der Waals surface area contributed by atoms with Gasteiger partial charge in [0.15, 0.2) is 11.6 Å². The molecule has 1 aliphatic rings. The minimum Gasteiger partial charge on any atom is -0.466 e. The summed E-state index contributed by atoms with van der Waals surface area (Å²) in [5, 5.41) is 2.82. The molecule has 7 nitrogen and oxygen atoms in total. The summed E-state index contributed by atoms with van der Waals surface area (Å²) < 4.78 is 43.9. The van der Waals surface area contributed by atoms with E-state index in [-0.39, 0.29) is 29.1 Å². The van der Waals surface area contributed by atoms with Gasteiger partial charge in [-0.3, -0.25) is 4.79 Å². The van der Waals surface area contributed by atoms with Crippen LogP contribution in [0.2, 0.25) is 0 Å². The molecule has 1 unspecified atom stereocenters. The van der Waals surface area contributed by atoms with Crippen molar-refractivity contribution in [1.82, 2.24) is 9.97 Å². The number of piperidine rings is 1. The molecule has 29 heavy (non-hydrogen) atoms. The molecule has 0 amide bonds. The van der Waals surface area contributed by atoms with E-state index in [2.05, 4.69) is 15.3 Å². The number of carbonyl (C=O) groups is 1. The van der Waals surface area contributed by atoms with Crippen LogP contribution in [0.25, 0.3) is 0 Å². The Morgan fingerprint density at radius 2 is 2.17 bits per heavy atom. The lowest BCUT2D eigenvalue weighted by Crippen LogP contribution is -2.40. The summed E-state index contributed by atoms with van der Waals surface area (Å²) in [5.74, 6) is 0.0983. The number of halogens is 3. The molecule has 0 saturated carbocycles. The number of anilines is 4. The monoisotopic (exact) mass is 409 g/mol. The van der Waals surface area contributed by atoms with Gasteiger partial charge < -0.3 is 20.7 Å². The number of alkyl halides is 3. The van der Waals surface area contributed by atoms with E-state index >= 15 is 0 Å². The Kier molecular flexibility index (Phi) is 6.09. The third-order valence-electron chi connectivity index (χ3n) is 4.66. The van der Waals surface area contributed by atoms with Crippen LogP contribution in [-0.2, 0) is 15.7 Å². The topological polar surface area (TPSA) is 93.4 Å². The Morgan fingerprint density at radius 1 is 1.38 bits per heavy atom. The van der Waals surface area contributed by atoms with Gasteiger partial charge in [0.1, 0.15) is 12.0 Å². The molecule has 1 atom stereocenters. The number of hydrogen-bond acceptors (Lipinski definition) is 7. The summed E-state index contributed by atoms with van der Waals surface area (Å²) in [6, 6.07) is 4.77. The molecular weight excluding hydrogens is 387 g/mol. The third-order valence-corrected chi connectivity index (χ3v) is 4.66. The van der Waals surface area contributed by atoms with Gasteiger partial charge in [-0.1, -0.05) is 6.07 Å². The molecule has 1 saturated heterocycles. The summed E-state index contributed by atoms with van der Waals surface area (Å²) in [5.41, 5.74) is 5.83. The fourth-order valence-electron chi connectivity index (χ4n) is 3.27. The lowest BCUT2D eigenvalue weighted by Gasteiger charge is -2.33. The number of nitrogen functional groups attached to an aromatic ring is 1. The number of carbonyl (C=O) groups excluding carboxylic acids is 1. The first-order chi connectivity index (χ1) is 13.8. The first kappa shape index (κ1) is 20.7. The molecule has 1 aromatic heterocycles. The summed E-state index contributed by atoms with van der Waals surface area (Å²) in [7, 11) is 0. The van der Waals surface area contributed by atoms with Gasteiger partial charge in [0.2, 0.25) is 0 Å². The van der Waals surface area contributed by atoms with Crippen LogP contribution in [0.4, 0.5) is 36.2 Å². The molecule has 10 heteroatoms. The maximum atomic E-state index is 12.9. The summed E-state index contributed by atoms with van der Waals surface area (Å²) in [6.45, 7) is 3.13. The van der Waals surface area contributed by atoms with Crippen molar-refractivity contribution in [2.45, 2.75) is 25.9 Å². The summed E-state index contributed by atoms with van der Waals surface area (Å²) in [6.07, 6.45) is -1.68. The summed E-state index contributed by atoms with van der Waals surface area (Å²) in [4.78, 5) is 22.2. The smallest absolute Gasteiger partial charge is 0.416 e. The zero-order valence-corrected chi connectivity index (χ0v) is 15.9. The van der Waals surface area contributed by atoms with Crippen molar-refractivity contribution >= 4 is 29.0 Å². The maximum Gasteiger partial charge on any atom is 0.416 e. The minimum absolute atomic E-state index is 0.201. The molecule has 1 aromatic carbocycles. The Morgan fingerprint density at radius 3 is 2.90 bits per heavy atom. The highest BCUT2D eigenvalue weighted by Gasteiger charge is 2.31. The predicted molar refractivity (Wildman–Crippen MR) is 103 cm³/mol. The Labute approximate surface area is 166 Å². The SMILES string of the molecule is CCOC(=O)C1CCCN(c2ncnc(Nc3cccc(C(F)(F)F)c3)c2N)C1. The lowest BCUT2D eigenvalue weighted by molar-refractivity contribution is -0.148. The fourth-order valence-corrected chi connectivity index (χ4v) is 3.27. The molecule has 3 N–H and O–H groups in total. The Hall–Kier alpha value is -3.04. The van der Waals surface area contributed by atoms with Gasteiger partial charge in [0.25, 0.3) is 0 Å². The molecule has 156 valence electrons. The number of benzene rings is 1. The Bertz CT molecular complexity index is 875. The van der Waals surface area contributed by atoms with Crippen molar-refractivity contribution in [1.29, 1.82) is 0 Å². The van der Waals surface area contributed by atoms with Crippen molar-refractivity contribution in [3.05, 3.63) is 36.2 Å². The first-order valence-corrected chi connectivity index (χ1v) is 9.26. The van der Waals surface area contributed by atoms with E-state index in [1.165, 1.54) is 18.5 Å². The van der Waals surface area contributed by atoms with E-state index < -0.39 is 11.7 Å². The molecule has 2 aromatic rings. The number of nitrogens with one attached hydrogen (secondary N) is 1. The van der Waals surface area contributed by atoms with Crippen LogP contribution in [-0.4, -0.2) is 35.6 Å². The van der Waals surface area contributed by atoms with E-state index in [1.807, 2.05) is 4.90 Å². The van der Waals surface area contributed by atoms with E-state index in [0.717, 1.165) is 25.0 Å². The molecule has 0 aliphatic carbocycles. The number of esters is 1. The van der Waals surface area contributed by atoms with Crippen LogP contribution in [0.3, 0.4) is 0 Å². The number of nitrogens with zero attached hydrogens (tertiary/aromatic N) is 3. The number of aromatic nitrogens is 2. The van der Waals surface area contributed by atoms with Gasteiger partial charge in [-0.15, -0.1) is 0 Å². The first-order valence-electron chi connectivity index (χ1n) is 9.26. The lowest BCUT2D eigenvalue weighted by atomic mass is 9.98. The highest BCUT2D eigenvalue weighted by molar-refractivity contribution is 5.79. The van der Waals surface area contributed by atoms with Crippen LogP contribution < -0.4 is 16.0 Å². The number of rotatable bonds is 5. The molecule has 0 spiro atoms. The average molecular weight is 409 g/mol. The van der Waals surface area contributed by atoms with Crippen molar-refractivity contribution < 1.29 is 22.7 Å². The number of ether oxygens (including phenoxy) is 1. The summed E-state index contributed by atoms with van der Waals surface area (Å²) >= 11 is 0. The van der Waals surface area contributed by atoms with Crippen molar-refractivity contribution in [2.75, 3.05) is 35.6 Å². The quantitative estimate of drug-likeness (QED) is 0.729. The number of nitrogens with two attached hydrogens (primary N) is 1. The zero-order valence-electron chi connectivity index (χ0n) is 15.9. The standard InChI is InChI=1S/C19H22F3N5O2/c1-2-29-18(28)12-5-4-8-27(10-12)17-15(23)16(24-11-25-17)26-14-7-3-6-13(9-14)19(20,21)22/h3,6-7,9,11-12H,2,4-5,8,10,23H2,1H3,(H,24,25,26). The van der Waals surface area contributed by atoms with Crippen LogP contribution in [0, 0.1) is 5.92 Å². The average Bonchev–Trinajstić information content (AvgIpc) is 2.69. The van der Waals surface area contributed by atoms with Gasteiger partial charge in [-0.2, -0.15) is 13.2 Å². The molecule has 2 heterocycles. The maximum absolute atomic E-state index is 12.9. The molecular formula is C19H22F3N5O2. The highest BCUT2D eigenvalue weighted by Crippen LogP contribution is 2.34. The third kappa shape index (κ3) is 4.87. The fraction of sp³-hybridized carbons (Fsp3) is 0.421. The van der Waals surface area contributed by atoms with Gasteiger partial charge in [0, 0.05) is 18.8 Å². The van der Waals surface area contributed by atoms with Gasteiger partial charge >= 0.3 is 12.1 Å². The van der Waals surface area contributed by atoms with Crippen LogP contribution in [0.15, 0.2) is 30.6 Å². The predicted octanol–water partition coefficient (Wildman–Crippen LogP) is 3.60. The van der Waals surface area contributed by atoms with Crippen LogP contribution in [0.5, 0.6) is 0 Å². The Balaban J connectivity index is 1.80. The highest BCUT2D eigenvalue weighted by atomic mass is 19.4. The van der Waals surface area contributed by atoms with Gasteiger partial charge in [-0.25, -0.2) is 9.97 Å². The van der Waals surface area contributed by atoms with Gasteiger partial charge in [-0.05, 0) is 38.0 Å². The van der Waals surface area contributed by atoms with Crippen molar-refractivity contribution in [3.63, 3.8) is 0 Å². The second kappa shape index (κ2) is 8.54. The molecule has 0 radical (unpaired) electrons. The van der Waals surface area contributed by atoms with E-state index in [1.54, 1.807) is 6.92 Å². The second-order valence-corrected chi connectivity index (χ2v) is 6.70. The largest absolute Gasteiger partial charge is 0.466 e. The van der Waals surface area contributed by atoms with E-state index in [0.29, 0.717) is 25.5 Å². The zero-order chi connectivity index (χ0) is 21.0. The molecule has 1 fully saturated rings. The molecule has 0 bridgehead atoms. The van der Waals surface area contributed by atoms with Gasteiger partial charge in [0.05, 0.1) is 18.1 Å². The van der Waals surface area contributed by atoms with Crippen molar-refractivity contribution in [2.24, 2.45) is 5.92 Å². The minimum atomic E-state index is -4.45. The molecule has 1 aliphatic heterocycles. The van der Waals surface area contributed by atoms with E-state index in [4.69, 9.17) is 10.5 Å². The number of hydrogen-bond donors (Lipinski definition) is 2. The van der Waals surface area contributed by atoms with Crippen molar-refractivity contribution in [3.8, 4) is 0 Å². The second-order valence-electron chi connectivity index (χ2n) is 6.70. The molecule has 3 rings (SSSR count). The normalized spacial score (nSPS) is 17.1.